The molecule has 3 N–H and O–H groups in total. The Morgan fingerprint density at radius 1 is 1.59 bits per heavy atom. The third kappa shape index (κ3) is 2.71. The smallest absolute Gasteiger partial charge is 0.312 e. The van der Waals surface area contributed by atoms with Gasteiger partial charge in [-0.2, -0.15) is 0 Å². The van der Waals surface area contributed by atoms with Crippen LogP contribution in [-0.4, -0.2) is 24.7 Å². The van der Waals surface area contributed by atoms with Crippen LogP contribution in [0.15, 0.2) is 12.1 Å². The van der Waals surface area contributed by atoms with Gasteiger partial charge in [0.15, 0.2) is 11.6 Å². The lowest BCUT2D eigenvalue weighted by molar-refractivity contribution is -0.138. The summed E-state index contributed by atoms with van der Waals surface area (Å²) in [4.78, 5) is 11.0. The van der Waals surface area contributed by atoms with Crippen LogP contribution in [0.3, 0.4) is 0 Å². The minimum atomic E-state index is -1.21. The monoisotopic (exact) mass is 245 g/mol. The van der Waals surface area contributed by atoms with Crippen LogP contribution >= 0.6 is 0 Å². The number of methoxy groups -OCH3 is 1. The van der Waals surface area contributed by atoms with Crippen LogP contribution in [-0.2, 0) is 11.5 Å². The van der Waals surface area contributed by atoms with Crippen LogP contribution < -0.4 is 10.5 Å². The molecule has 0 aliphatic carbocycles. The molecule has 0 aliphatic heterocycles. The van der Waals surface area contributed by atoms with Crippen molar-refractivity contribution >= 4 is 5.97 Å². The second kappa shape index (κ2) is 5.58. The standard InChI is InChI=1S/C11H13F2NO3/c1-17-10-7(8(5-14)11(15)16)2-6(4-12)3-9(10)13/h2-3,8H,4-5,14H2,1H3,(H,15,16). The molecule has 4 nitrogen and oxygen atoms in total. The highest BCUT2D eigenvalue weighted by Crippen LogP contribution is 2.31. The average Bonchev–Trinajstić information content (AvgIpc) is 2.29. The van der Waals surface area contributed by atoms with Crippen molar-refractivity contribution in [1.29, 1.82) is 0 Å². The molecule has 0 heterocycles. The summed E-state index contributed by atoms with van der Waals surface area (Å²) < 4.78 is 30.8. The zero-order valence-corrected chi connectivity index (χ0v) is 9.24. The normalized spacial score (nSPS) is 12.2. The summed E-state index contributed by atoms with van der Waals surface area (Å²) in [5.41, 5.74) is 5.42. The molecule has 0 fully saturated rings. The lowest BCUT2D eigenvalue weighted by Gasteiger charge is -2.16. The van der Waals surface area contributed by atoms with Gasteiger partial charge in [0.25, 0.3) is 0 Å². The lowest BCUT2D eigenvalue weighted by Crippen LogP contribution is -2.22. The number of aliphatic carboxylic acids is 1. The van der Waals surface area contributed by atoms with Crippen LogP contribution in [0.2, 0.25) is 0 Å². The summed E-state index contributed by atoms with van der Waals surface area (Å²) in [5.74, 6) is -3.33. The van der Waals surface area contributed by atoms with E-state index in [0.717, 1.165) is 6.07 Å². The van der Waals surface area contributed by atoms with Crippen LogP contribution in [0, 0.1) is 5.82 Å². The molecule has 1 aromatic carbocycles. The number of benzene rings is 1. The van der Waals surface area contributed by atoms with E-state index >= 15 is 0 Å². The SMILES string of the molecule is COc1c(F)cc(CF)cc1C(CN)C(=O)O. The first kappa shape index (κ1) is 13.4. The van der Waals surface area contributed by atoms with Crippen LogP contribution in [0.1, 0.15) is 17.0 Å². The number of rotatable bonds is 5. The van der Waals surface area contributed by atoms with Crippen LogP contribution in [0.4, 0.5) is 8.78 Å². The molecule has 17 heavy (non-hydrogen) atoms. The fourth-order valence-electron chi connectivity index (χ4n) is 1.59. The van der Waals surface area contributed by atoms with Crippen molar-refractivity contribution in [3.05, 3.63) is 29.1 Å². The lowest BCUT2D eigenvalue weighted by atomic mass is 9.96. The molecule has 0 saturated carbocycles. The number of carbonyl (C=O) groups is 1. The molecule has 6 heteroatoms. The minimum Gasteiger partial charge on any atom is -0.493 e. The molecule has 0 bridgehead atoms. The molecule has 0 spiro atoms. The van der Waals surface area contributed by atoms with Gasteiger partial charge in [0.2, 0.25) is 0 Å². The number of carboxylic acids is 1. The van der Waals surface area contributed by atoms with E-state index in [9.17, 15) is 13.6 Å². The minimum absolute atomic E-state index is 0.0511. The van der Waals surface area contributed by atoms with E-state index in [2.05, 4.69) is 0 Å². The summed E-state index contributed by atoms with van der Waals surface area (Å²) >= 11 is 0. The Balaban J connectivity index is 3.36. The second-order valence-corrected chi connectivity index (χ2v) is 3.46. The van der Waals surface area contributed by atoms with Crippen molar-refractivity contribution in [2.24, 2.45) is 5.73 Å². The number of halogens is 2. The first-order valence-electron chi connectivity index (χ1n) is 4.90. The largest absolute Gasteiger partial charge is 0.493 e. The molecular weight excluding hydrogens is 232 g/mol. The molecule has 0 amide bonds. The molecule has 0 saturated heterocycles. The predicted octanol–water partition coefficient (Wildman–Crippen LogP) is 1.43. The summed E-state index contributed by atoms with van der Waals surface area (Å²) in [6.07, 6.45) is 0. The van der Waals surface area contributed by atoms with Crippen molar-refractivity contribution in [1.82, 2.24) is 0 Å². The first-order chi connectivity index (χ1) is 8.04. The first-order valence-corrected chi connectivity index (χ1v) is 4.90. The molecule has 94 valence electrons. The molecule has 0 aromatic heterocycles. The van der Waals surface area contributed by atoms with Gasteiger partial charge < -0.3 is 15.6 Å². The highest BCUT2D eigenvalue weighted by molar-refractivity contribution is 5.77. The van der Waals surface area contributed by atoms with Gasteiger partial charge in [-0.05, 0) is 17.7 Å². The van der Waals surface area contributed by atoms with Crippen molar-refractivity contribution in [3.63, 3.8) is 0 Å². The van der Waals surface area contributed by atoms with Gasteiger partial charge in [0.05, 0.1) is 13.0 Å². The Morgan fingerprint density at radius 2 is 2.24 bits per heavy atom. The van der Waals surface area contributed by atoms with Gasteiger partial charge in [-0.25, -0.2) is 8.78 Å². The average molecular weight is 245 g/mol. The van der Waals surface area contributed by atoms with Crippen LogP contribution in [0.25, 0.3) is 0 Å². The summed E-state index contributed by atoms with van der Waals surface area (Å²) in [7, 11) is 1.21. The van der Waals surface area contributed by atoms with E-state index in [4.69, 9.17) is 15.6 Å². The van der Waals surface area contributed by atoms with E-state index in [0.29, 0.717) is 0 Å². The maximum Gasteiger partial charge on any atom is 0.312 e. The molecule has 1 rings (SSSR count). The van der Waals surface area contributed by atoms with Gasteiger partial charge in [0.1, 0.15) is 6.67 Å². The van der Waals surface area contributed by atoms with Crippen molar-refractivity contribution in [3.8, 4) is 5.75 Å². The fourth-order valence-corrected chi connectivity index (χ4v) is 1.59. The van der Waals surface area contributed by atoms with E-state index < -0.39 is 24.4 Å². The number of ether oxygens (including phenoxy) is 1. The molecule has 1 unspecified atom stereocenters. The topological polar surface area (TPSA) is 72.5 Å². The molecular formula is C11H13F2NO3. The zero-order chi connectivity index (χ0) is 13.0. The third-order valence-electron chi connectivity index (χ3n) is 2.40. The number of hydrogen-bond donors (Lipinski definition) is 2. The van der Waals surface area contributed by atoms with E-state index in [1.54, 1.807) is 0 Å². The summed E-state index contributed by atoms with van der Waals surface area (Å²) in [5, 5.41) is 8.95. The Labute approximate surface area is 97.0 Å². The van der Waals surface area contributed by atoms with E-state index in [1.165, 1.54) is 13.2 Å². The zero-order valence-electron chi connectivity index (χ0n) is 9.24. The molecule has 0 radical (unpaired) electrons. The number of hydrogen-bond acceptors (Lipinski definition) is 3. The summed E-state index contributed by atoms with van der Waals surface area (Å²) in [6, 6.07) is 2.23. The van der Waals surface area contributed by atoms with Crippen LogP contribution in [0.5, 0.6) is 5.75 Å². The third-order valence-corrected chi connectivity index (χ3v) is 2.40. The number of nitrogens with two attached hydrogens (primary N) is 1. The quantitative estimate of drug-likeness (QED) is 0.823. The number of alkyl halides is 1. The maximum atomic E-state index is 13.5. The van der Waals surface area contributed by atoms with Gasteiger partial charge in [0, 0.05) is 12.1 Å². The van der Waals surface area contributed by atoms with Gasteiger partial charge in [-0.15, -0.1) is 0 Å². The summed E-state index contributed by atoms with van der Waals surface area (Å²) in [6.45, 7) is -1.11. The van der Waals surface area contributed by atoms with Crippen molar-refractivity contribution in [2.45, 2.75) is 12.6 Å². The number of carboxylic acid groups (broad SMARTS) is 1. The van der Waals surface area contributed by atoms with E-state index in [-0.39, 0.29) is 23.4 Å². The van der Waals surface area contributed by atoms with Gasteiger partial charge in [-0.1, -0.05) is 0 Å². The molecule has 1 atom stereocenters. The van der Waals surface area contributed by atoms with Gasteiger partial charge >= 0.3 is 5.97 Å². The highest BCUT2D eigenvalue weighted by atomic mass is 19.1. The maximum absolute atomic E-state index is 13.5. The van der Waals surface area contributed by atoms with Crippen molar-refractivity contribution in [2.75, 3.05) is 13.7 Å². The highest BCUT2D eigenvalue weighted by Gasteiger charge is 2.24. The Morgan fingerprint density at radius 3 is 2.65 bits per heavy atom. The van der Waals surface area contributed by atoms with Gasteiger partial charge in [-0.3, -0.25) is 4.79 Å². The predicted molar refractivity (Wildman–Crippen MR) is 57.2 cm³/mol. The Hall–Kier alpha value is -1.69. The Kier molecular flexibility index (Phi) is 4.39. The van der Waals surface area contributed by atoms with E-state index in [1.807, 2.05) is 0 Å². The molecule has 0 aliphatic rings. The Bertz CT molecular complexity index is 423. The molecule has 1 aromatic rings. The van der Waals surface area contributed by atoms with Crippen molar-refractivity contribution < 1.29 is 23.4 Å². The fraction of sp³-hybridized carbons (Fsp3) is 0.364. The second-order valence-electron chi connectivity index (χ2n) is 3.46.